The smallest absolute Gasteiger partial charge is 0.288 e. The lowest BCUT2D eigenvalue weighted by molar-refractivity contribution is -0.385. The number of imidazole rings is 1. The molecular formula is C11H12BrN5O2. The van der Waals surface area contributed by atoms with Gasteiger partial charge in [0.2, 0.25) is 0 Å². The Morgan fingerprint density at radius 1 is 1.47 bits per heavy atom. The summed E-state index contributed by atoms with van der Waals surface area (Å²) in [4.78, 5) is 21.4. The predicted octanol–water partition coefficient (Wildman–Crippen LogP) is 2.82. The first kappa shape index (κ1) is 13.5. The van der Waals surface area contributed by atoms with Crippen molar-refractivity contribution in [3.05, 3.63) is 45.1 Å². The molecule has 2 heterocycles. The summed E-state index contributed by atoms with van der Waals surface area (Å²) >= 11 is 3.27. The maximum Gasteiger partial charge on any atom is 0.288 e. The molecule has 0 saturated carbocycles. The molecular weight excluding hydrogens is 314 g/mol. The van der Waals surface area contributed by atoms with Crippen LogP contribution in [0.4, 0.5) is 11.5 Å². The molecule has 2 aromatic rings. The van der Waals surface area contributed by atoms with Gasteiger partial charge in [-0.1, -0.05) is 0 Å². The zero-order valence-electron chi connectivity index (χ0n) is 10.3. The van der Waals surface area contributed by atoms with Gasteiger partial charge in [0.15, 0.2) is 0 Å². The lowest BCUT2D eigenvalue weighted by Gasteiger charge is -2.25. The fraction of sp³-hybridized carbons (Fsp3) is 0.273. The molecule has 2 aromatic heterocycles. The van der Waals surface area contributed by atoms with E-state index >= 15 is 0 Å². The molecule has 0 amide bonds. The van der Waals surface area contributed by atoms with E-state index in [0.29, 0.717) is 10.3 Å². The summed E-state index contributed by atoms with van der Waals surface area (Å²) in [6.45, 7) is 3.86. The van der Waals surface area contributed by atoms with Crippen LogP contribution >= 0.6 is 15.9 Å². The largest absolute Gasteiger partial charge is 0.357 e. The number of hydrogen-bond acceptors (Lipinski definition) is 5. The average Bonchev–Trinajstić information content (AvgIpc) is 2.85. The highest BCUT2D eigenvalue weighted by atomic mass is 79.9. The number of nitrogens with one attached hydrogen (secondary N) is 2. The van der Waals surface area contributed by atoms with Crippen LogP contribution in [-0.2, 0) is 5.54 Å². The molecule has 0 aliphatic heterocycles. The van der Waals surface area contributed by atoms with Gasteiger partial charge in [0.05, 0.1) is 14.9 Å². The van der Waals surface area contributed by atoms with Crippen LogP contribution in [-0.4, -0.2) is 19.9 Å². The molecule has 0 unspecified atom stereocenters. The van der Waals surface area contributed by atoms with Crippen molar-refractivity contribution in [2.45, 2.75) is 19.4 Å². The second kappa shape index (κ2) is 4.96. The van der Waals surface area contributed by atoms with E-state index in [0.717, 1.165) is 5.82 Å². The Kier molecular flexibility index (Phi) is 3.52. The van der Waals surface area contributed by atoms with E-state index in [-0.39, 0.29) is 5.69 Å². The van der Waals surface area contributed by atoms with E-state index in [1.807, 2.05) is 13.8 Å². The molecule has 0 aliphatic carbocycles. The van der Waals surface area contributed by atoms with E-state index < -0.39 is 10.5 Å². The van der Waals surface area contributed by atoms with E-state index in [1.54, 1.807) is 12.4 Å². The first-order chi connectivity index (χ1) is 8.90. The molecule has 0 saturated heterocycles. The van der Waals surface area contributed by atoms with E-state index in [9.17, 15) is 10.1 Å². The fourth-order valence-corrected chi connectivity index (χ4v) is 2.02. The highest BCUT2D eigenvalue weighted by molar-refractivity contribution is 9.10. The SMILES string of the molecule is CC(C)(Nc1ncc([N+](=O)[O-])cc1Br)c1ncc[nH]1. The topological polar surface area (TPSA) is 96.7 Å². The van der Waals surface area contributed by atoms with Crippen molar-refractivity contribution in [1.29, 1.82) is 0 Å². The maximum absolute atomic E-state index is 10.6. The van der Waals surface area contributed by atoms with Crippen LogP contribution in [0.25, 0.3) is 0 Å². The molecule has 8 heteroatoms. The van der Waals surface area contributed by atoms with Crippen LogP contribution in [0.15, 0.2) is 29.1 Å². The van der Waals surface area contributed by atoms with Crippen molar-refractivity contribution in [3.8, 4) is 0 Å². The Morgan fingerprint density at radius 2 is 2.21 bits per heavy atom. The van der Waals surface area contributed by atoms with Gasteiger partial charge in [-0.05, 0) is 29.8 Å². The van der Waals surface area contributed by atoms with Crippen LogP contribution in [0, 0.1) is 10.1 Å². The van der Waals surface area contributed by atoms with Gasteiger partial charge in [0.25, 0.3) is 5.69 Å². The van der Waals surface area contributed by atoms with Gasteiger partial charge in [-0.3, -0.25) is 10.1 Å². The second-order valence-electron chi connectivity index (χ2n) is 4.47. The Bertz CT molecular complexity index is 597. The molecule has 0 radical (unpaired) electrons. The van der Waals surface area contributed by atoms with E-state index in [2.05, 4.69) is 36.2 Å². The van der Waals surface area contributed by atoms with Crippen molar-refractivity contribution in [2.24, 2.45) is 0 Å². The number of nitrogens with zero attached hydrogens (tertiary/aromatic N) is 3. The predicted molar refractivity (Wildman–Crippen MR) is 73.8 cm³/mol. The minimum absolute atomic E-state index is 0.0618. The Labute approximate surface area is 117 Å². The molecule has 19 heavy (non-hydrogen) atoms. The molecule has 2 rings (SSSR count). The normalized spacial score (nSPS) is 11.3. The number of aromatic nitrogens is 3. The average molecular weight is 326 g/mol. The molecule has 0 aromatic carbocycles. The highest BCUT2D eigenvalue weighted by Gasteiger charge is 2.24. The fourth-order valence-electron chi connectivity index (χ4n) is 1.58. The number of halogens is 1. The Hall–Kier alpha value is -1.96. The summed E-state index contributed by atoms with van der Waals surface area (Å²) in [6.07, 6.45) is 4.61. The molecule has 0 bridgehead atoms. The van der Waals surface area contributed by atoms with Gasteiger partial charge >= 0.3 is 0 Å². The van der Waals surface area contributed by atoms with Crippen LogP contribution in [0.3, 0.4) is 0 Å². The van der Waals surface area contributed by atoms with Gasteiger partial charge < -0.3 is 10.3 Å². The minimum Gasteiger partial charge on any atom is -0.357 e. The second-order valence-corrected chi connectivity index (χ2v) is 5.32. The van der Waals surface area contributed by atoms with Gasteiger partial charge in [0, 0.05) is 18.5 Å². The number of pyridine rings is 1. The first-order valence-electron chi connectivity index (χ1n) is 5.48. The molecule has 0 fully saturated rings. The monoisotopic (exact) mass is 325 g/mol. The van der Waals surface area contributed by atoms with Crippen molar-refractivity contribution in [3.63, 3.8) is 0 Å². The zero-order valence-corrected chi connectivity index (χ0v) is 11.9. The molecule has 100 valence electrons. The third-order valence-electron chi connectivity index (χ3n) is 2.56. The standard InChI is InChI=1S/C11H12BrN5O2/c1-11(2,10-13-3-4-14-10)16-9-8(12)5-7(6-15-9)17(18)19/h3-6H,1-2H3,(H,13,14)(H,15,16). The van der Waals surface area contributed by atoms with Gasteiger partial charge in [-0.25, -0.2) is 9.97 Å². The minimum atomic E-state index is -0.487. The highest BCUT2D eigenvalue weighted by Crippen LogP contribution is 2.29. The Morgan fingerprint density at radius 3 is 2.74 bits per heavy atom. The van der Waals surface area contributed by atoms with E-state index in [1.165, 1.54) is 12.3 Å². The Balaban J connectivity index is 2.27. The lowest BCUT2D eigenvalue weighted by Crippen LogP contribution is -2.30. The van der Waals surface area contributed by atoms with Gasteiger partial charge in [-0.2, -0.15) is 0 Å². The summed E-state index contributed by atoms with van der Waals surface area (Å²) in [5, 5.41) is 13.8. The number of nitro groups is 1. The number of aromatic amines is 1. The summed E-state index contributed by atoms with van der Waals surface area (Å²) in [6, 6.07) is 1.41. The van der Waals surface area contributed by atoms with Crippen LogP contribution in [0.5, 0.6) is 0 Å². The third-order valence-corrected chi connectivity index (χ3v) is 3.16. The zero-order chi connectivity index (χ0) is 14.0. The summed E-state index contributed by atoms with van der Waals surface area (Å²) in [5.74, 6) is 1.27. The number of H-pyrrole nitrogens is 1. The quantitative estimate of drug-likeness (QED) is 0.665. The molecule has 0 aliphatic rings. The van der Waals surface area contributed by atoms with Gasteiger partial charge in [0.1, 0.15) is 17.8 Å². The van der Waals surface area contributed by atoms with E-state index in [4.69, 9.17) is 0 Å². The van der Waals surface area contributed by atoms with Crippen molar-refractivity contribution >= 4 is 27.4 Å². The van der Waals surface area contributed by atoms with Crippen molar-refractivity contribution < 1.29 is 4.92 Å². The lowest BCUT2D eigenvalue weighted by atomic mass is 10.1. The summed E-state index contributed by atoms with van der Waals surface area (Å²) in [5.41, 5.74) is -0.539. The third kappa shape index (κ3) is 2.90. The van der Waals surface area contributed by atoms with Crippen LogP contribution in [0.1, 0.15) is 19.7 Å². The molecule has 7 nitrogen and oxygen atoms in total. The molecule has 2 N–H and O–H groups in total. The van der Waals surface area contributed by atoms with Crippen LogP contribution in [0.2, 0.25) is 0 Å². The number of hydrogen-bond donors (Lipinski definition) is 2. The molecule has 0 spiro atoms. The van der Waals surface area contributed by atoms with Crippen molar-refractivity contribution in [2.75, 3.05) is 5.32 Å². The number of rotatable bonds is 4. The van der Waals surface area contributed by atoms with Crippen LogP contribution < -0.4 is 5.32 Å². The summed E-state index contributed by atoms with van der Waals surface area (Å²) in [7, 11) is 0. The molecule has 0 atom stereocenters. The maximum atomic E-state index is 10.6. The number of anilines is 1. The summed E-state index contributed by atoms with van der Waals surface area (Å²) < 4.78 is 0.529. The van der Waals surface area contributed by atoms with Gasteiger partial charge in [-0.15, -0.1) is 0 Å². The first-order valence-corrected chi connectivity index (χ1v) is 6.27. The van der Waals surface area contributed by atoms with Crippen molar-refractivity contribution in [1.82, 2.24) is 15.0 Å².